The Balaban J connectivity index is 2.34. The average Bonchev–Trinajstić information content (AvgIpc) is 2.90. The van der Waals surface area contributed by atoms with Gasteiger partial charge in [-0.15, -0.1) is 11.3 Å². The minimum absolute atomic E-state index is 0.0486. The molecule has 4 nitrogen and oxygen atoms in total. The topological polar surface area (TPSA) is 69.7 Å². The van der Waals surface area contributed by atoms with E-state index in [1.165, 1.54) is 10.1 Å². The molecule has 1 heterocycles. The van der Waals surface area contributed by atoms with Gasteiger partial charge in [0.25, 0.3) is 0 Å². The molecule has 0 fully saturated rings. The molecule has 0 spiro atoms. The van der Waals surface area contributed by atoms with Gasteiger partial charge in [-0.3, -0.25) is 0 Å². The Morgan fingerprint density at radius 1 is 1.14 bits per heavy atom. The van der Waals surface area contributed by atoms with Gasteiger partial charge >= 0.3 is 0 Å². The van der Waals surface area contributed by atoms with E-state index in [2.05, 4.69) is 18.2 Å². The number of aliphatic hydroxyl groups excluding tert-OH is 2. The molecule has 0 saturated heterocycles. The summed E-state index contributed by atoms with van der Waals surface area (Å²) in [7, 11) is 0. The van der Waals surface area contributed by atoms with E-state index in [9.17, 15) is 10.2 Å². The second-order valence-corrected chi connectivity index (χ2v) is 6.42. The minimum atomic E-state index is 0.0486. The number of nitrogens with two attached hydrogens (primary N) is 1. The number of fused-ring (bicyclic) bond motifs is 3. The van der Waals surface area contributed by atoms with Crippen LogP contribution < -0.4 is 10.6 Å². The summed E-state index contributed by atoms with van der Waals surface area (Å²) in [4.78, 5) is 2.02. The van der Waals surface area contributed by atoms with Crippen LogP contribution in [-0.4, -0.2) is 36.5 Å². The molecule has 0 atom stereocenters. The lowest BCUT2D eigenvalue weighted by Gasteiger charge is -2.25. The van der Waals surface area contributed by atoms with Crippen molar-refractivity contribution in [1.29, 1.82) is 0 Å². The van der Waals surface area contributed by atoms with E-state index >= 15 is 0 Å². The van der Waals surface area contributed by atoms with Crippen molar-refractivity contribution in [3.63, 3.8) is 0 Å². The van der Waals surface area contributed by atoms with Crippen LogP contribution in [0.15, 0.2) is 30.3 Å². The highest BCUT2D eigenvalue weighted by atomic mass is 32.1. The highest BCUT2D eigenvalue weighted by Crippen LogP contribution is 2.43. The maximum absolute atomic E-state index is 9.34. The lowest BCUT2D eigenvalue weighted by Crippen LogP contribution is -2.29. The predicted octanol–water partition coefficient (Wildman–Crippen LogP) is 2.74. The second kappa shape index (κ2) is 6.12. The minimum Gasteiger partial charge on any atom is -0.397 e. The Morgan fingerprint density at radius 2 is 1.82 bits per heavy atom. The van der Waals surface area contributed by atoms with Crippen LogP contribution in [0.4, 0.5) is 11.4 Å². The van der Waals surface area contributed by atoms with Gasteiger partial charge in [0.2, 0.25) is 0 Å². The summed E-state index contributed by atoms with van der Waals surface area (Å²) >= 11 is 1.69. The predicted molar refractivity (Wildman–Crippen MR) is 94.9 cm³/mol. The Bertz CT molecular complexity index is 807. The molecule has 0 aliphatic rings. The summed E-state index contributed by atoms with van der Waals surface area (Å²) < 4.78 is 2.28. The number of nitrogens with zero attached hydrogens (tertiary/aromatic N) is 1. The lowest BCUT2D eigenvalue weighted by molar-refractivity contribution is 0.281. The van der Waals surface area contributed by atoms with Crippen LogP contribution in [0.3, 0.4) is 0 Å². The average molecular weight is 316 g/mol. The Labute approximate surface area is 133 Å². The molecule has 1 aromatic heterocycles. The number of hydrogen-bond acceptors (Lipinski definition) is 5. The van der Waals surface area contributed by atoms with Gasteiger partial charge in [0.05, 0.1) is 23.6 Å². The molecule has 3 rings (SSSR count). The van der Waals surface area contributed by atoms with Crippen LogP contribution in [0.25, 0.3) is 20.2 Å². The largest absolute Gasteiger partial charge is 0.397 e. The van der Waals surface area contributed by atoms with Crippen LogP contribution in [0.2, 0.25) is 0 Å². The van der Waals surface area contributed by atoms with Crippen molar-refractivity contribution in [3.8, 4) is 0 Å². The normalized spacial score (nSPS) is 11.4. The summed E-state index contributed by atoms with van der Waals surface area (Å²) in [6, 6.07) is 10.3. The first-order valence-corrected chi connectivity index (χ1v) is 8.16. The molecular weight excluding hydrogens is 296 g/mol. The second-order valence-electron chi connectivity index (χ2n) is 5.36. The van der Waals surface area contributed by atoms with Crippen molar-refractivity contribution in [2.75, 3.05) is 36.9 Å². The van der Waals surface area contributed by atoms with Gasteiger partial charge in [0, 0.05) is 34.2 Å². The summed E-state index contributed by atoms with van der Waals surface area (Å²) in [5.74, 6) is 0. The molecule has 5 heteroatoms. The monoisotopic (exact) mass is 316 g/mol. The number of thiophene rings is 1. The maximum atomic E-state index is 9.34. The maximum Gasteiger partial charge on any atom is 0.0608 e. The van der Waals surface area contributed by atoms with Gasteiger partial charge in [0.1, 0.15) is 0 Å². The molecule has 0 amide bonds. The summed E-state index contributed by atoms with van der Waals surface area (Å²) in [6.45, 7) is 3.07. The van der Waals surface area contributed by atoms with Crippen LogP contribution in [-0.2, 0) is 0 Å². The van der Waals surface area contributed by atoms with Crippen molar-refractivity contribution in [2.45, 2.75) is 6.92 Å². The number of benzene rings is 2. The van der Waals surface area contributed by atoms with Crippen molar-refractivity contribution in [2.24, 2.45) is 0 Å². The van der Waals surface area contributed by atoms with Crippen LogP contribution in [0, 0.1) is 6.92 Å². The third kappa shape index (κ3) is 2.41. The zero-order chi connectivity index (χ0) is 15.7. The highest BCUT2D eigenvalue weighted by Gasteiger charge is 2.17. The third-order valence-electron chi connectivity index (χ3n) is 3.95. The van der Waals surface area contributed by atoms with E-state index in [0.717, 1.165) is 27.0 Å². The van der Waals surface area contributed by atoms with Crippen molar-refractivity contribution < 1.29 is 10.2 Å². The lowest BCUT2D eigenvalue weighted by atomic mass is 10.1. The fraction of sp³-hybridized carbons (Fsp3) is 0.294. The molecule has 2 aromatic carbocycles. The van der Waals surface area contributed by atoms with Crippen molar-refractivity contribution >= 4 is 42.9 Å². The standard InChI is InChI=1S/C17H20N2O2S/c1-11-10-13(19(6-8-20)7-9-21)15-12-4-2-3-5-14(12)22-17(15)16(11)18/h2-5,10,20-21H,6-9,18H2,1H3. The summed E-state index contributed by atoms with van der Waals surface area (Å²) in [5, 5.41) is 21.0. The fourth-order valence-electron chi connectivity index (χ4n) is 2.87. The van der Waals surface area contributed by atoms with Gasteiger partial charge in [-0.1, -0.05) is 18.2 Å². The summed E-state index contributed by atoms with van der Waals surface area (Å²) in [5.41, 5.74) is 9.16. The zero-order valence-electron chi connectivity index (χ0n) is 12.5. The number of nitrogen functional groups attached to an aromatic ring is 1. The molecule has 3 aromatic rings. The Morgan fingerprint density at radius 3 is 2.50 bits per heavy atom. The van der Waals surface area contributed by atoms with E-state index in [4.69, 9.17) is 5.73 Å². The van der Waals surface area contributed by atoms with Gasteiger partial charge in [-0.25, -0.2) is 0 Å². The SMILES string of the molecule is Cc1cc(N(CCO)CCO)c2c(sc3ccccc32)c1N. The zero-order valence-corrected chi connectivity index (χ0v) is 13.4. The molecule has 0 saturated carbocycles. The van der Waals surface area contributed by atoms with Crippen LogP contribution >= 0.6 is 11.3 Å². The highest BCUT2D eigenvalue weighted by molar-refractivity contribution is 7.26. The quantitative estimate of drug-likeness (QED) is 0.633. The molecule has 0 radical (unpaired) electrons. The molecule has 0 bridgehead atoms. The number of rotatable bonds is 5. The molecule has 22 heavy (non-hydrogen) atoms. The van der Waals surface area contributed by atoms with Crippen molar-refractivity contribution in [3.05, 3.63) is 35.9 Å². The van der Waals surface area contributed by atoms with E-state index in [0.29, 0.717) is 13.1 Å². The van der Waals surface area contributed by atoms with Crippen LogP contribution in [0.1, 0.15) is 5.56 Å². The van der Waals surface area contributed by atoms with E-state index in [-0.39, 0.29) is 13.2 Å². The van der Waals surface area contributed by atoms with Gasteiger partial charge in [0.15, 0.2) is 0 Å². The number of aliphatic hydroxyl groups is 2. The van der Waals surface area contributed by atoms with Gasteiger partial charge < -0.3 is 20.8 Å². The number of aryl methyl sites for hydroxylation is 1. The van der Waals surface area contributed by atoms with E-state index in [1.54, 1.807) is 11.3 Å². The van der Waals surface area contributed by atoms with Crippen molar-refractivity contribution in [1.82, 2.24) is 0 Å². The first kappa shape index (κ1) is 15.1. The smallest absolute Gasteiger partial charge is 0.0608 e. The molecule has 116 valence electrons. The Kier molecular flexibility index (Phi) is 4.20. The molecule has 0 unspecified atom stereocenters. The van der Waals surface area contributed by atoms with Gasteiger partial charge in [-0.05, 0) is 24.6 Å². The van der Waals surface area contributed by atoms with Crippen LogP contribution in [0.5, 0.6) is 0 Å². The van der Waals surface area contributed by atoms with E-state index in [1.807, 2.05) is 24.0 Å². The first-order chi connectivity index (χ1) is 10.7. The third-order valence-corrected chi connectivity index (χ3v) is 5.16. The van der Waals surface area contributed by atoms with E-state index < -0.39 is 0 Å². The Hall–Kier alpha value is -1.82. The molecule has 0 aliphatic heterocycles. The molecular formula is C17H20N2O2S. The first-order valence-electron chi connectivity index (χ1n) is 7.34. The fourth-order valence-corrected chi connectivity index (χ4v) is 4.10. The number of hydrogen-bond donors (Lipinski definition) is 3. The molecule has 4 N–H and O–H groups in total. The molecule has 0 aliphatic carbocycles. The number of anilines is 2. The summed E-state index contributed by atoms with van der Waals surface area (Å²) in [6.07, 6.45) is 0. The van der Waals surface area contributed by atoms with Gasteiger partial charge in [-0.2, -0.15) is 0 Å².